The Morgan fingerprint density at radius 3 is 2.64 bits per heavy atom. The molecular weight excluding hydrogens is 176 g/mol. The van der Waals surface area contributed by atoms with Crippen molar-refractivity contribution in [3.63, 3.8) is 0 Å². The Hall–Kier alpha value is -0.790. The lowest BCUT2D eigenvalue weighted by molar-refractivity contribution is -0.147. The molecule has 1 aliphatic rings. The summed E-state index contributed by atoms with van der Waals surface area (Å²) in [5.41, 5.74) is 0.295. The van der Waals surface area contributed by atoms with Gasteiger partial charge in [0.05, 0.1) is 0 Å². The summed E-state index contributed by atoms with van der Waals surface area (Å²) >= 11 is 0. The van der Waals surface area contributed by atoms with Gasteiger partial charge in [-0.1, -0.05) is 27.4 Å². The van der Waals surface area contributed by atoms with Gasteiger partial charge in [-0.05, 0) is 30.6 Å². The molecule has 0 heterocycles. The fraction of sp³-hybridized carbons (Fsp3) is 0.750. The molecule has 0 unspecified atom stereocenters. The SMILES string of the molecule is C=CC(=O)O[C@@H]1C[C@H](C)CC(C)(C)C1. The molecule has 1 rings (SSSR count). The monoisotopic (exact) mass is 196 g/mol. The molecule has 0 N–H and O–H groups in total. The van der Waals surface area contributed by atoms with E-state index in [-0.39, 0.29) is 12.1 Å². The molecule has 0 aromatic rings. The second-order valence-corrected chi connectivity index (χ2v) is 5.18. The average molecular weight is 196 g/mol. The highest BCUT2D eigenvalue weighted by molar-refractivity contribution is 5.81. The minimum absolute atomic E-state index is 0.0826. The zero-order valence-corrected chi connectivity index (χ0v) is 9.38. The first kappa shape index (κ1) is 11.3. The van der Waals surface area contributed by atoms with E-state index in [0.29, 0.717) is 11.3 Å². The van der Waals surface area contributed by atoms with Crippen molar-refractivity contribution in [3.8, 4) is 0 Å². The Morgan fingerprint density at radius 1 is 1.50 bits per heavy atom. The van der Waals surface area contributed by atoms with Crippen LogP contribution in [0.2, 0.25) is 0 Å². The zero-order valence-electron chi connectivity index (χ0n) is 9.38. The molecule has 2 atom stereocenters. The van der Waals surface area contributed by atoms with Gasteiger partial charge < -0.3 is 4.74 Å². The molecule has 1 fully saturated rings. The average Bonchev–Trinajstić information content (AvgIpc) is 1.99. The number of esters is 1. The number of hydrogen-bond donors (Lipinski definition) is 0. The van der Waals surface area contributed by atoms with E-state index in [1.54, 1.807) is 0 Å². The highest BCUT2D eigenvalue weighted by atomic mass is 16.5. The van der Waals surface area contributed by atoms with Crippen LogP contribution in [0.5, 0.6) is 0 Å². The fourth-order valence-electron chi connectivity index (χ4n) is 2.56. The van der Waals surface area contributed by atoms with Crippen molar-refractivity contribution in [2.75, 3.05) is 0 Å². The summed E-state index contributed by atoms with van der Waals surface area (Å²) in [5.74, 6) is 0.348. The number of hydrogen-bond acceptors (Lipinski definition) is 2. The number of carbonyl (C=O) groups excluding carboxylic acids is 1. The predicted octanol–water partition coefficient (Wildman–Crippen LogP) is 2.93. The van der Waals surface area contributed by atoms with E-state index in [1.165, 1.54) is 12.5 Å². The summed E-state index contributed by atoms with van der Waals surface area (Å²) < 4.78 is 5.29. The number of ether oxygens (including phenoxy) is 1. The van der Waals surface area contributed by atoms with Crippen LogP contribution in [0.15, 0.2) is 12.7 Å². The number of rotatable bonds is 2. The van der Waals surface area contributed by atoms with Crippen molar-refractivity contribution in [2.45, 2.75) is 46.1 Å². The van der Waals surface area contributed by atoms with Crippen LogP contribution >= 0.6 is 0 Å². The van der Waals surface area contributed by atoms with Crippen molar-refractivity contribution in [1.29, 1.82) is 0 Å². The third kappa shape index (κ3) is 3.17. The molecule has 0 spiro atoms. The summed E-state index contributed by atoms with van der Waals surface area (Å²) in [6.45, 7) is 10.1. The molecular formula is C12H20O2. The van der Waals surface area contributed by atoms with Gasteiger partial charge >= 0.3 is 5.97 Å². The van der Waals surface area contributed by atoms with Gasteiger partial charge in [0, 0.05) is 6.08 Å². The Labute approximate surface area is 86.3 Å². The van der Waals surface area contributed by atoms with Gasteiger partial charge in [0.2, 0.25) is 0 Å². The standard InChI is InChI=1S/C12H20O2/c1-5-11(13)14-10-6-9(2)7-12(3,4)8-10/h5,9-10H,1,6-8H2,2-4H3/t9-,10+/m0/s1. The van der Waals surface area contributed by atoms with Crippen LogP contribution in [0, 0.1) is 11.3 Å². The van der Waals surface area contributed by atoms with E-state index < -0.39 is 0 Å². The summed E-state index contributed by atoms with van der Waals surface area (Å²) in [6.07, 6.45) is 4.50. The molecule has 0 aliphatic heterocycles. The number of carbonyl (C=O) groups is 1. The molecule has 0 bridgehead atoms. The lowest BCUT2D eigenvalue weighted by atomic mass is 9.71. The van der Waals surface area contributed by atoms with Crippen molar-refractivity contribution < 1.29 is 9.53 Å². The van der Waals surface area contributed by atoms with E-state index in [9.17, 15) is 4.79 Å². The fourth-order valence-corrected chi connectivity index (χ4v) is 2.56. The van der Waals surface area contributed by atoms with Crippen molar-refractivity contribution in [3.05, 3.63) is 12.7 Å². The first-order valence-electron chi connectivity index (χ1n) is 5.26. The van der Waals surface area contributed by atoms with Gasteiger partial charge in [-0.3, -0.25) is 0 Å². The zero-order chi connectivity index (χ0) is 10.8. The van der Waals surface area contributed by atoms with Crippen molar-refractivity contribution >= 4 is 5.97 Å². The summed E-state index contributed by atoms with van der Waals surface area (Å²) in [6, 6.07) is 0. The minimum atomic E-state index is -0.292. The maximum absolute atomic E-state index is 11.1. The van der Waals surface area contributed by atoms with Gasteiger partial charge in [0.25, 0.3) is 0 Å². The third-order valence-electron chi connectivity index (χ3n) is 2.80. The van der Waals surface area contributed by atoms with E-state index >= 15 is 0 Å². The topological polar surface area (TPSA) is 26.3 Å². The normalized spacial score (nSPS) is 30.8. The van der Waals surface area contributed by atoms with E-state index in [4.69, 9.17) is 4.74 Å². The molecule has 0 amide bonds. The van der Waals surface area contributed by atoms with Crippen LogP contribution < -0.4 is 0 Å². The van der Waals surface area contributed by atoms with Crippen LogP contribution in [0.3, 0.4) is 0 Å². The molecule has 0 radical (unpaired) electrons. The van der Waals surface area contributed by atoms with E-state index in [1.807, 2.05) is 0 Å². The highest BCUT2D eigenvalue weighted by Gasteiger charge is 2.33. The van der Waals surface area contributed by atoms with Gasteiger partial charge in [0.1, 0.15) is 6.10 Å². The first-order chi connectivity index (χ1) is 6.43. The Kier molecular flexibility index (Phi) is 3.35. The molecule has 14 heavy (non-hydrogen) atoms. The highest BCUT2D eigenvalue weighted by Crippen LogP contribution is 2.39. The van der Waals surface area contributed by atoms with Crippen LogP contribution in [-0.2, 0) is 9.53 Å². The van der Waals surface area contributed by atoms with E-state index in [0.717, 1.165) is 12.8 Å². The van der Waals surface area contributed by atoms with E-state index in [2.05, 4.69) is 27.4 Å². The first-order valence-corrected chi connectivity index (χ1v) is 5.26. The van der Waals surface area contributed by atoms with Crippen LogP contribution in [0.1, 0.15) is 40.0 Å². The van der Waals surface area contributed by atoms with Gasteiger partial charge in [-0.2, -0.15) is 0 Å². The molecule has 0 saturated heterocycles. The Morgan fingerprint density at radius 2 is 2.14 bits per heavy atom. The molecule has 80 valence electrons. The second kappa shape index (κ2) is 4.16. The molecule has 1 saturated carbocycles. The third-order valence-corrected chi connectivity index (χ3v) is 2.80. The van der Waals surface area contributed by atoms with Gasteiger partial charge in [0.15, 0.2) is 0 Å². The van der Waals surface area contributed by atoms with Crippen molar-refractivity contribution in [1.82, 2.24) is 0 Å². The molecule has 2 nitrogen and oxygen atoms in total. The molecule has 0 aromatic heterocycles. The maximum atomic E-state index is 11.1. The maximum Gasteiger partial charge on any atom is 0.330 e. The Balaban J connectivity index is 2.54. The summed E-state index contributed by atoms with van der Waals surface area (Å²) in [4.78, 5) is 11.1. The van der Waals surface area contributed by atoms with Gasteiger partial charge in [-0.25, -0.2) is 4.79 Å². The summed E-state index contributed by atoms with van der Waals surface area (Å²) in [5, 5.41) is 0. The lowest BCUT2D eigenvalue weighted by Crippen LogP contribution is -2.33. The van der Waals surface area contributed by atoms with Crippen LogP contribution in [0.4, 0.5) is 0 Å². The molecule has 2 heteroatoms. The van der Waals surface area contributed by atoms with Crippen molar-refractivity contribution in [2.24, 2.45) is 11.3 Å². The smallest absolute Gasteiger partial charge is 0.330 e. The molecule has 1 aliphatic carbocycles. The quantitative estimate of drug-likeness (QED) is 0.501. The lowest BCUT2D eigenvalue weighted by Gasteiger charge is -2.38. The largest absolute Gasteiger partial charge is 0.459 e. The van der Waals surface area contributed by atoms with Crippen LogP contribution in [-0.4, -0.2) is 12.1 Å². The minimum Gasteiger partial charge on any atom is -0.459 e. The predicted molar refractivity (Wildman–Crippen MR) is 56.9 cm³/mol. The summed E-state index contributed by atoms with van der Waals surface area (Å²) in [7, 11) is 0. The second-order valence-electron chi connectivity index (χ2n) is 5.18. The van der Waals surface area contributed by atoms with Crippen LogP contribution in [0.25, 0.3) is 0 Å². The molecule has 0 aromatic carbocycles. The van der Waals surface area contributed by atoms with Gasteiger partial charge in [-0.15, -0.1) is 0 Å². The Bertz CT molecular complexity index is 230.